The lowest BCUT2D eigenvalue weighted by molar-refractivity contribution is -0.117. The molecule has 30 heavy (non-hydrogen) atoms. The van der Waals surface area contributed by atoms with Gasteiger partial charge in [-0.15, -0.1) is 0 Å². The lowest BCUT2D eigenvalue weighted by Crippen LogP contribution is -2.29. The summed E-state index contributed by atoms with van der Waals surface area (Å²) < 4.78 is 1.10. The first-order valence-electron chi connectivity index (χ1n) is 9.40. The van der Waals surface area contributed by atoms with Gasteiger partial charge in [-0.1, -0.05) is 30.7 Å². The van der Waals surface area contributed by atoms with Gasteiger partial charge in [-0.2, -0.15) is 5.10 Å². The van der Waals surface area contributed by atoms with Crippen molar-refractivity contribution in [3.8, 4) is 11.3 Å². The van der Waals surface area contributed by atoms with Crippen LogP contribution in [-0.2, 0) is 16.1 Å². The minimum atomic E-state index is -0.392. The van der Waals surface area contributed by atoms with Gasteiger partial charge >= 0.3 is 0 Å². The molecule has 0 unspecified atom stereocenters. The Morgan fingerprint density at radius 2 is 1.73 bits per heavy atom. The molecule has 1 heterocycles. The zero-order valence-electron chi connectivity index (χ0n) is 16.6. The van der Waals surface area contributed by atoms with E-state index in [0.717, 1.165) is 15.8 Å². The molecule has 0 saturated carbocycles. The lowest BCUT2D eigenvalue weighted by Gasteiger charge is -2.11. The molecule has 0 atom stereocenters. The molecule has 0 saturated heterocycles. The highest BCUT2D eigenvalue weighted by atomic mass is 35.5. The summed E-state index contributed by atoms with van der Waals surface area (Å²) in [7, 11) is 0. The van der Waals surface area contributed by atoms with E-state index < -0.39 is 5.56 Å². The van der Waals surface area contributed by atoms with Crippen LogP contribution in [0.1, 0.15) is 18.9 Å². The van der Waals surface area contributed by atoms with Gasteiger partial charge < -0.3 is 10.6 Å². The summed E-state index contributed by atoms with van der Waals surface area (Å²) in [6.07, 6.45) is 0.371. The third kappa shape index (κ3) is 5.33. The maximum atomic E-state index is 12.3. The molecule has 2 amide bonds. The van der Waals surface area contributed by atoms with E-state index in [1.807, 2.05) is 19.1 Å². The molecule has 0 bridgehead atoms. The van der Waals surface area contributed by atoms with Gasteiger partial charge in [-0.3, -0.25) is 14.4 Å². The molecule has 8 heteroatoms. The topological polar surface area (TPSA) is 93.1 Å². The average Bonchev–Trinajstić information content (AvgIpc) is 2.73. The van der Waals surface area contributed by atoms with E-state index in [4.69, 9.17) is 11.6 Å². The fraction of sp³-hybridized carbons (Fsp3) is 0.182. The third-order valence-electron chi connectivity index (χ3n) is 4.42. The molecule has 0 spiro atoms. The van der Waals surface area contributed by atoms with Crippen molar-refractivity contribution >= 4 is 34.8 Å². The van der Waals surface area contributed by atoms with Crippen molar-refractivity contribution in [1.82, 2.24) is 9.78 Å². The van der Waals surface area contributed by atoms with Crippen LogP contribution in [-0.4, -0.2) is 21.6 Å². The number of aromatic nitrogens is 2. The number of hydrogen-bond acceptors (Lipinski definition) is 4. The first kappa shape index (κ1) is 21.3. The number of rotatable bonds is 6. The van der Waals surface area contributed by atoms with Gasteiger partial charge in [-0.05, 0) is 48.9 Å². The number of aryl methyl sites for hydroxylation is 1. The Kier molecular flexibility index (Phi) is 6.64. The smallest absolute Gasteiger partial charge is 0.267 e. The number of nitrogens with zero attached hydrogens (tertiary/aromatic N) is 2. The normalized spacial score (nSPS) is 10.5. The average molecular weight is 425 g/mol. The van der Waals surface area contributed by atoms with E-state index in [1.54, 1.807) is 43.3 Å². The summed E-state index contributed by atoms with van der Waals surface area (Å²) in [5.41, 5.74) is 3.01. The summed E-state index contributed by atoms with van der Waals surface area (Å²) in [4.78, 5) is 36.3. The maximum absolute atomic E-state index is 12.3. The van der Waals surface area contributed by atoms with Gasteiger partial charge in [0.2, 0.25) is 11.8 Å². The van der Waals surface area contributed by atoms with Crippen molar-refractivity contribution in [1.29, 1.82) is 0 Å². The number of benzene rings is 2. The first-order valence-corrected chi connectivity index (χ1v) is 9.78. The highest BCUT2D eigenvalue weighted by Gasteiger charge is 2.10. The fourth-order valence-electron chi connectivity index (χ4n) is 2.74. The largest absolute Gasteiger partial charge is 0.326 e. The van der Waals surface area contributed by atoms with Crippen LogP contribution in [0.5, 0.6) is 0 Å². The predicted molar refractivity (Wildman–Crippen MR) is 118 cm³/mol. The van der Waals surface area contributed by atoms with E-state index in [0.29, 0.717) is 28.5 Å². The second-order valence-corrected chi connectivity index (χ2v) is 7.14. The molecule has 0 fully saturated rings. The van der Waals surface area contributed by atoms with Crippen LogP contribution in [0, 0.1) is 6.92 Å². The van der Waals surface area contributed by atoms with E-state index >= 15 is 0 Å². The van der Waals surface area contributed by atoms with Crippen molar-refractivity contribution < 1.29 is 9.59 Å². The van der Waals surface area contributed by atoms with Crippen molar-refractivity contribution in [2.45, 2.75) is 26.8 Å². The van der Waals surface area contributed by atoms with Crippen LogP contribution >= 0.6 is 11.6 Å². The molecule has 0 aliphatic rings. The molecule has 2 aromatic carbocycles. The highest BCUT2D eigenvalue weighted by molar-refractivity contribution is 6.30. The number of carbonyl (C=O) groups is 2. The lowest BCUT2D eigenvalue weighted by atomic mass is 10.1. The molecule has 3 aromatic rings. The van der Waals surface area contributed by atoms with Crippen LogP contribution in [0.3, 0.4) is 0 Å². The second-order valence-electron chi connectivity index (χ2n) is 6.70. The van der Waals surface area contributed by atoms with E-state index in [9.17, 15) is 14.4 Å². The molecule has 0 aliphatic heterocycles. The second kappa shape index (κ2) is 9.37. The fourth-order valence-corrected chi connectivity index (χ4v) is 2.87. The van der Waals surface area contributed by atoms with Gasteiger partial charge in [0.05, 0.1) is 5.69 Å². The Morgan fingerprint density at radius 1 is 1.00 bits per heavy atom. The summed E-state index contributed by atoms with van der Waals surface area (Å²) >= 11 is 5.84. The summed E-state index contributed by atoms with van der Waals surface area (Å²) in [5, 5.41) is 10.4. The zero-order valence-corrected chi connectivity index (χ0v) is 17.4. The molecule has 0 radical (unpaired) electrons. The van der Waals surface area contributed by atoms with Crippen LogP contribution < -0.4 is 16.2 Å². The van der Waals surface area contributed by atoms with Crippen molar-refractivity contribution in [3.05, 3.63) is 75.5 Å². The number of hydrogen-bond donors (Lipinski definition) is 2. The van der Waals surface area contributed by atoms with Crippen molar-refractivity contribution in [3.63, 3.8) is 0 Å². The molecule has 7 nitrogen and oxygen atoms in total. The minimum Gasteiger partial charge on any atom is -0.326 e. The molecule has 2 N–H and O–H groups in total. The highest BCUT2D eigenvalue weighted by Crippen LogP contribution is 2.23. The Balaban J connectivity index is 1.82. The molecule has 3 rings (SSSR count). The third-order valence-corrected chi connectivity index (χ3v) is 4.67. The van der Waals surface area contributed by atoms with Gasteiger partial charge in [0.15, 0.2) is 0 Å². The number of anilines is 2. The standard InChI is InChI=1S/C22H21ClN4O3/c1-3-20(28)25-19-12-15(5-4-14(19)2)18-10-11-22(30)27(26-18)13-21(29)24-17-8-6-16(23)7-9-17/h4-12H,3,13H2,1-2H3,(H,24,29)(H,25,28). The van der Waals surface area contributed by atoms with Crippen LogP contribution in [0.2, 0.25) is 5.02 Å². The number of halogens is 1. The van der Waals surface area contributed by atoms with E-state index in [1.165, 1.54) is 6.07 Å². The maximum Gasteiger partial charge on any atom is 0.267 e. The summed E-state index contributed by atoms with van der Waals surface area (Å²) in [5.74, 6) is -0.476. The minimum absolute atomic E-state index is 0.0907. The molecule has 154 valence electrons. The molecule has 0 aliphatic carbocycles. The van der Waals surface area contributed by atoms with Gasteiger partial charge in [0.1, 0.15) is 6.54 Å². The van der Waals surface area contributed by atoms with E-state index in [-0.39, 0.29) is 18.4 Å². The molecule has 1 aromatic heterocycles. The Labute approximate surface area is 178 Å². The number of amides is 2. The van der Waals surface area contributed by atoms with Crippen molar-refractivity contribution in [2.24, 2.45) is 0 Å². The van der Waals surface area contributed by atoms with Gasteiger partial charge in [-0.25, -0.2) is 4.68 Å². The summed E-state index contributed by atoms with van der Waals surface area (Å²) in [6.45, 7) is 3.44. The molecular formula is C22H21ClN4O3. The van der Waals surface area contributed by atoms with Gasteiger partial charge in [0, 0.05) is 34.4 Å². The number of nitrogens with one attached hydrogen (secondary N) is 2. The summed E-state index contributed by atoms with van der Waals surface area (Å²) in [6, 6.07) is 15.1. The quantitative estimate of drug-likeness (QED) is 0.628. The Bertz CT molecular complexity index is 1140. The van der Waals surface area contributed by atoms with Crippen molar-refractivity contribution in [2.75, 3.05) is 10.6 Å². The number of carbonyl (C=O) groups excluding carboxylic acids is 2. The van der Waals surface area contributed by atoms with Crippen LogP contribution in [0.25, 0.3) is 11.3 Å². The monoisotopic (exact) mass is 424 g/mol. The Morgan fingerprint density at radius 3 is 2.43 bits per heavy atom. The van der Waals surface area contributed by atoms with E-state index in [2.05, 4.69) is 15.7 Å². The Hall–Kier alpha value is -3.45. The SMILES string of the molecule is CCC(=O)Nc1cc(-c2ccc(=O)n(CC(=O)Nc3ccc(Cl)cc3)n2)ccc1C. The predicted octanol–water partition coefficient (Wildman–Crippen LogP) is 3.86. The zero-order chi connectivity index (χ0) is 21.7. The van der Waals surface area contributed by atoms with Crippen LogP contribution in [0.15, 0.2) is 59.4 Å². The first-order chi connectivity index (χ1) is 14.4. The molecular weight excluding hydrogens is 404 g/mol. The van der Waals surface area contributed by atoms with Gasteiger partial charge in [0.25, 0.3) is 5.56 Å². The van der Waals surface area contributed by atoms with Crippen LogP contribution in [0.4, 0.5) is 11.4 Å².